The average molecular weight is 251 g/mol. The van der Waals surface area contributed by atoms with Crippen LogP contribution in [0.3, 0.4) is 0 Å². The van der Waals surface area contributed by atoms with Crippen LogP contribution in [0, 0.1) is 23.7 Å². The van der Waals surface area contributed by atoms with Crippen molar-refractivity contribution in [2.75, 3.05) is 7.05 Å². The predicted molar refractivity (Wildman–Crippen MR) is 73.5 cm³/mol. The highest BCUT2D eigenvalue weighted by atomic mass is 16.5. The smallest absolute Gasteiger partial charge is 0.0380 e. The molecule has 3 rings (SSSR count). The van der Waals surface area contributed by atoms with Crippen molar-refractivity contribution in [3.8, 4) is 0 Å². The Bertz CT molecular complexity index is 270. The lowest BCUT2D eigenvalue weighted by Crippen LogP contribution is -2.48. The molecule has 0 heterocycles. The molecule has 0 aromatic carbocycles. The molecule has 0 amide bonds. The summed E-state index contributed by atoms with van der Waals surface area (Å²) in [5.74, 6) is 3.62. The lowest BCUT2D eigenvalue weighted by atomic mass is 9.60. The van der Waals surface area contributed by atoms with Crippen molar-refractivity contribution in [1.29, 1.82) is 0 Å². The van der Waals surface area contributed by atoms with E-state index < -0.39 is 0 Å². The Balaban J connectivity index is 1.78. The van der Waals surface area contributed by atoms with Gasteiger partial charge in [-0.25, -0.2) is 0 Å². The van der Waals surface area contributed by atoms with E-state index in [4.69, 9.17) is 0 Å². The van der Waals surface area contributed by atoms with Crippen LogP contribution in [0.4, 0.5) is 0 Å². The molecular formula is C16H29NO. The van der Waals surface area contributed by atoms with Gasteiger partial charge in [0.25, 0.3) is 0 Å². The lowest BCUT2D eigenvalue weighted by Gasteiger charge is -2.49. The zero-order chi connectivity index (χ0) is 12.5. The van der Waals surface area contributed by atoms with Crippen molar-refractivity contribution in [3.63, 3.8) is 0 Å². The summed E-state index contributed by atoms with van der Waals surface area (Å²) >= 11 is 0. The summed E-state index contributed by atoms with van der Waals surface area (Å²) in [6.45, 7) is 0. The molecule has 104 valence electrons. The molecule has 3 fully saturated rings. The molecule has 0 aliphatic heterocycles. The number of rotatable bonds is 2. The first-order valence-corrected chi connectivity index (χ1v) is 8.19. The van der Waals surface area contributed by atoms with Crippen LogP contribution in [0.5, 0.6) is 0 Å². The Hall–Kier alpha value is -0.0800. The quantitative estimate of drug-likeness (QED) is 0.747. The van der Waals surface area contributed by atoms with Gasteiger partial charge in [0.2, 0.25) is 0 Å². The van der Waals surface area contributed by atoms with Crippen molar-refractivity contribution >= 4 is 0 Å². The summed E-state index contributed by atoms with van der Waals surface area (Å²) in [5, 5.41) is 11.6. The van der Waals surface area contributed by atoms with Crippen molar-refractivity contribution in [2.45, 2.75) is 70.3 Å². The van der Waals surface area contributed by atoms with E-state index in [-0.39, 0.29) is 0 Å². The molecular weight excluding hydrogens is 222 g/mol. The highest BCUT2D eigenvalue weighted by Crippen LogP contribution is 2.50. The summed E-state index contributed by atoms with van der Waals surface area (Å²) in [6.07, 6.45) is 14.1. The highest BCUT2D eigenvalue weighted by Gasteiger charge is 2.45. The zero-order valence-corrected chi connectivity index (χ0v) is 11.9. The maximum Gasteiger partial charge on any atom is 0.0380 e. The third-order valence-electron chi connectivity index (χ3n) is 6.16. The topological polar surface area (TPSA) is 23.5 Å². The molecule has 0 spiro atoms. The van der Waals surface area contributed by atoms with E-state index in [0.29, 0.717) is 6.04 Å². The van der Waals surface area contributed by atoms with Gasteiger partial charge < -0.3 is 5.21 Å². The van der Waals surface area contributed by atoms with Crippen LogP contribution in [0.25, 0.3) is 0 Å². The second-order valence-corrected chi connectivity index (χ2v) is 7.05. The van der Waals surface area contributed by atoms with Gasteiger partial charge in [-0.3, -0.25) is 0 Å². The second-order valence-electron chi connectivity index (χ2n) is 7.05. The Kier molecular flexibility index (Phi) is 3.95. The monoisotopic (exact) mass is 251 g/mol. The Morgan fingerprint density at radius 2 is 1.39 bits per heavy atom. The van der Waals surface area contributed by atoms with Gasteiger partial charge in [-0.15, -0.1) is 0 Å². The van der Waals surface area contributed by atoms with E-state index >= 15 is 0 Å². The van der Waals surface area contributed by atoms with Crippen molar-refractivity contribution in [1.82, 2.24) is 5.06 Å². The molecule has 3 aliphatic carbocycles. The number of hydroxylamine groups is 2. The summed E-state index contributed by atoms with van der Waals surface area (Å²) < 4.78 is 0. The fourth-order valence-electron chi connectivity index (χ4n) is 5.44. The third-order valence-corrected chi connectivity index (χ3v) is 6.16. The first kappa shape index (κ1) is 12.9. The van der Waals surface area contributed by atoms with Crippen LogP contribution in [0.1, 0.15) is 64.2 Å². The Morgan fingerprint density at radius 3 is 2.06 bits per heavy atom. The normalized spacial score (nSPS) is 42.2. The van der Waals surface area contributed by atoms with Crippen LogP contribution in [-0.4, -0.2) is 23.4 Å². The van der Waals surface area contributed by atoms with Gasteiger partial charge in [0.05, 0.1) is 0 Å². The van der Waals surface area contributed by atoms with E-state index in [1.165, 1.54) is 64.2 Å². The minimum absolute atomic E-state index is 0.453. The Labute approximate surface area is 112 Å². The van der Waals surface area contributed by atoms with Crippen LogP contribution in [-0.2, 0) is 0 Å². The second kappa shape index (κ2) is 5.50. The van der Waals surface area contributed by atoms with Gasteiger partial charge in [0.15, 0.2) is 0 Å². The van der Waals surface area contributed by atoms with Crippen LogP contribution in [0.15, 0.2) is 0 Å². The molecule has 18 heavy (non-hydrogen) atoms. The largest absolute Gasteiger partial charge is 0.314 e. The molecule has 3 aliphatic rings. The first-order chi connectivity index (χ1) is 8.77. The fourth-order valence-corrected chi connectivity index (χ4v) is 5.44. The predicted octanol–water partition coefficient (Wildman–Crippen LogP) is 4.08. The molecule has 4 atom stereocenters. The number of fused-ring (bicyclic) bond motifs is 1. The van der Waals surface area contributed by atoms with Crippen molar-refractivity contribution in [2.24, 2.45) is 23.7 Å². The summed E-state index contributed by atoms with van der Waals surface area (Å²) in [6, 6.07) is 0.453. The van der Waals surface area contributed by atoms with Gasteiger partial charge in [0, 0.05) is 13.1 Å². The molecule has 0 saturated heterocycles. The van der Waals surface area contributed by atoms with Crippen LogP contribution >= 0.6 is 0 Å². The Morgan fingerprint density at radius 1 is 0.778 bits per heavy atom. The molecule has 3 saturated carbocycles. The van der Waals surface area contributed by atoms with E-state index in [1.807, 2.05) is 7.05 Å². The summed E-state index contributed by atoms with van der Waals surface area (Å²) in [4.78, 5) is 0. The SMILES string of the molecule is CN(O)C1CCCC2CCCC(C3CCCC3)C21. The van der Waals surface area contributed by atoms with E-state index in [0.717, 1.165) is 23.7 Å². The van der Waals surface area contributed by atoms with Crippen molar-refractivity contribution in [3.05, 3.63) is 0 Å². The minimum Gasteiger partial charge on any atom is -0.314 e. The fraction of sp³-hybridized carbons (Fsp3) is 1.00. The third kappa shape index (κ3) is 2.34. The maximum absolute atomic E-state index is 10.0. The molecule has 0 radical (unpaired) electrons. The lowest BCUT2D eigenvalue weighted by molar-refractivity contribution is -0.154. The van der Waals surface area contributed by atoms with Gasteiger partial charge >= 0.3 is 0 Å². The van der Waals surface area contributed by atoms with Crippen LogP contribution in [0.2, 0.25) is 0 Å². The maximum atomic E-state index is 10.0. The molecule has 4 unspecified atom stereocenters. The van der Waals surface area contributed by atoms with Gasteiger partial charge in [-0.1, -0.05) is 51.4 Å². The summed E-state index contributed by atoms with van der Waals surface area (Å²) in [7, 11) is 1.88. The van der Waals surface area contributed by atoms with Gasteiger partial charge in [-0.2, -0.15) is 5.06 Å². The molecule has 0 aromatic heterocycles. The van der Waals surface area contributed by atoms with E-state index in [1.54, 1.807) is 5.06 Å². The molecule has 2 nitrogen and oxygen atoms in total. The minimum atomic E-state index is 0.453. The van der Waals surface area contributed by atoms with Gasteiger partial charge in [-0.05, 0) is 36.5 Å². The zero-order valence-electron chi connectivity index (χ0n) is 11.9. The van der Waals surface area contributed by atoms with E-state index in [2.05, 4.69) is 0 Å². The van der Waals surface area contributed by atoms with Crippen molar-refractivity contribution < 1.29 is 5.21 Å². The highest BCUT2D eigenvalue weighted by molar-refractivity contribution is 4.95. The first-order valence-electron chi connectivity index (χ1n) is 8.19. The number of hydrogen-bond donors (Lipinski definition) is 1. The number of hydrogen-bond acceptors (Lipinski definition) is 2. The van der Waals surface area contributed by atoms with Crippen LogP contribution < -0.4 is 0 Å². The van der Waals surface area contributed by atoms with E-state index in [9.17, 15) is 5.21 Å². The molecule has 0 aromatic rings. The van der Waals surface area contributed by atoms with Gasteiger partial charge in [0.1, 0.15) is 0 Å². The molecule has 2 heteroatoms. The standard InChI is InChI=1S/C16H29NO/c1-17(18)15-11-5-9-13-8-4-10-14(16(13)15)12-6-2-3-7-12/h12-16,18H,2-11H2,1H3. The molecule has 1 N–H and O–H groups in total. The average Bonchev–Trinajstić information content (AvgIpc) is 2.91. The number of nitrogens with zero attached hydrogens (tertiary/aromatic N) is 1. The summed E-state index contributed by atoms with van der Waals surface area (Å²) in [5.41, 5.74) is 0. The molecule has 0 bridgehead atoms.